The molecule has 1 unspecified atom stereocenters. The Kier molecular flexibility index (Phi) is 2.39. The Bertz CT molecular complexity index is 347. The molecule has 0 radical (unpaired) electrons. The van der Waals surface area contributed by atoms with Gasteiger partial charge in [0, 0.05) is 7.05 Å². The van der Waals surface area contributed by atoms with Crippen LogP contribution < -0.4 is 0 Å². The van der Waals surface area contributed by atoms with Gasteiger partial charge in [0.2, 0.25) is 22.1 Å². The molecule has 1 rings (SSSR count). The minimum atomic E-state index is -4.67. The monoisotopic (exact) mass is 215 g/mol. The van der Waals surface area contributed by atoms with E-state index in [0.29, 0.717) is 4.57 Å². The topological polar surface area (TPSA) is 68.0 Å². The molecule has 13 heavy (non-hydrogen) atoms. The van der Waals surface area contributed by atoms with Gasteiger partial charge in [0.15, 0.2) is 0 Å². The molecule has 0 aromatic carbocycles. The van der Waals surface area contributed by atoms with Crippen molar-refractivity contribution in [3.8, 4) is 0 Å². The van der Waals surface area contributed by atoms with Gasteiger partial charge < -0.3 is 0 Å². The number of rotatable bonds is 1. The molecule has 0 saturated heterocycles. The first-order valence-electron chi connectivity index (χ1n) is 2.91. The van der Waals surface area contributed by atoms with Gasteiger partial charge in [0.05, 0.1) is 0 Å². The second-order valence-electron chi connectivity index (χ2n) is 2.11. The van der Waals surface area contributed by atoms with Gasteiger partial charge in [0.1, 0.15) is 0 Å². The summed E-state index contributed by atoms with van der Waals surface area (Å²) in [6.45, 7) is 0. The van der Waals surface area contributed by atoms with Crippen LogP contribution in [0, 0.1) is 0 Å². The van der Waals surface area contributed by atoms with Gasteiger partial charge in [-0.15, -0.1) is 10.2 Å². The smallest absolute Gasteiger partial charge is 0.300 e. The van der Waals surface area contributed by atoms with Gasteiger partial charge in [-0.25, -0.2) is 4.21 Å². The fourth-order valence-corrected chi connectivity index (χ4v) is 1.15. The van der Waals surface area contributed by atoms with Crippen molar-refractivity contribution in [3.63, 3.8) is 0 Å². The van der Waals surface area contributed by atoms with Gasteiger partial charge >= 0.3 is 6.18 Å². The molecule has 0 amide bonds. The Morgan fingerprint density at radius 3 is 2.23 bits per heavy atom. The Hall–Kier alpha value is -0.960. The predicted octanol–water partition coefficient (Wildman–Crippen LogP) is 0.415. The molecule has 1 heterocycles. The Labute approximate surface area is 72.9 Å². The summed E-state index contributed by atoms with van der Waals surface area (Å²) in [6.07, 6.45) is -4.67. The van der Waals surface area contributed by atoms with Crippen LogP contribution in [0.4, 0.5) is 13.2 Å². The van der Waals surface area contributed by atoms with Crippen molar-refractivity contribution in [1.29, 1.82) is 0 Å². The lowest BCUT2D eigenvalue weighted by molar-refractivity contribution is -0.147. The van der Waals surface area contributed by atoms with Crippen LogP contribution >= 0.6 is 0 Å². The SMILES string of the molecule is Cn1c(S(=O)O)nnc1C(F)(F)F. The third-order valence-electron chi connectivity index (χ3n) is 1.24. The minimum Gasteiger partial charge on any atom is -0.300 e. The van der Waals surface area contributed by atoms with E-state index in [1.54, 1.807) is 0 Å². The molecule has 0 spiro atoms. The molecule has 0 aliphatic carbocycles. The largest absolute Gasteiger partial charge is 0.451 e. The minimum absolute atomic E-state index is 0.427. The molecule has 5 nitrogen and oxygen atoms in total. The van der Waals surface area contributed by atoms with Crippen LogP contribution in [0.3, 0.4) is 0 Å². The van der Waals surface area contributed by atoms with E-state index in [9.17, 15) is 17.4 Å². The molecule has 0 aliphatic rings. The number of hydrogen-bond acceptors (Lipinski definition) is 3. The van der Waals surface area contributed by atoms with Gasteiger partial charge in [-0.1, -0.05) is 0 Å². The number of hydrogen-bond donors (Lipinski definition) is 1. The number of halogens is 3. The third kappa shape index (κ3) is 1.86. The first-order chi connectivity index (χ1) is 5.84. The zero-order chi connectivity index (χ0) is 10.2. The molecule has 1 N–H and O–H groups in total. The summed E-state index contributed by atoms with van der Waals surface area (Å²) >= 11 is -2.57. The third-order valence-corrected chi connectivity index (χ3v) is 1.91. The fourth-order valence-electron chi connectivity index (χ4n) is 0.714. The molecular weight excluding hydrogens is 211 g/mol. The van der Waals surface area contributed by atoms with E-state index in [2.05, 4.69) is 10.2 Å². The molecule has 0 saturated carbocycles. The molecule has 0 fully saturated rings. The second-order valence-corrected chi connectivity index (χ2v) is 2.98. The summed E-state index contributed by atoms with van der Waals surface area (Å²) < 4.78 is 55.3. The Morgan fingerprint density at radius 2 is 2.00 bits per heavy atom. The maximum absolute atomic E-state index is 12.0. The van der Waals surface area contributed by atoms with Crippen molar-refractivity contribution >= 4 is 11.1 Å². The lowest BCUT2D eigenvalue weighted by Crippen LogP contribution is -2.14. The van der Waals surface area contributed by atoms with Gasteiger partial charge in [-0.3, -0.25) is 9.12 Å². The van der Waals surface area contributed by atoms with Crippen LogP contribution in [0.5, 0.6) is 0 Å². The summed E-state index contributed by atoms with van der Waals surface area (Å²) in [7, 11) is 0.965. The first kappa shape index (κ1) is 10.1. The van der Waals surface area contributed by atoms with Crippen molar-refractivity contribution in [2.75, 3.05) is 0 Å². The van der Waals surface area contributed by atoms with E-state index in [-0.39, 0.29) is 0 Å². The van der Waals surface area contributed by atoms with Crippen molar-refractivity contribution in [2.45, 2.75) is 11.3 Å². The molecule has 9 heteroatoms. The highest BCUT2D eigenvalue weighted by molar-refractivity contribution is 7.79. The van der Waals surface area contributed by atoms with Crippen LogP contribution in [-0.2, 0) is 24.3 Å². The summed E-state index contributed by atoms with van der Waals surface area (Å²) in [5.41, 5.74) is 0. The summed E-state index contributed by atoms with van der Waals surface area (Å²) in [5, 5.41) is 5.04. The van der Waals surface area contributed by atoms with Crippen molar-refractivity contribution in [2.24, 2.45) is 7.05 Å². The highest BCUT2D eigenvalue weighted by Crippen LogP contribution is 2.27. The van der Waals surface area contributed by atoms with Crippen molar-refractivity contribution in [1.82, 2.24) is 14.8 Å². The first-order valence-corrected chi connectivity index (χ1v) is 4.02. The number of aromatic nitrogens is 3. The molecule has 0 bridgehead atoms. The van der Waals surface area contributed by atoms with Crippen LogP contribution in [0.2, 0.25) is 0 Å². The van der Waals surface area contributed by atoms with Crippen LogP contribution in [0.25, 0.3) is 0 Å². The second kappa shape index (κ2) is 3.07. The van der Waals surface area contributed by atoms with E-state index >= 15 is 0 Å². The van der Waals surface area contributed by atoms with E-state index in [1.165, 1.54) is 0 Å². The zero-order valence-electron chi connectivity index (χ0n) is 6.24. The van der Waals surface area contributed by atoms with Crippen LogP contribution in [-0.4, -0.2) is 23.5 Å². The van der Waals surface area contributed by atoms with E-state index in [0.717, 1.165) is 7.05 Å². The molecule has 74 valence electrons. The average molecular weight is 215 g/mol. The van der Waals surface area contributed by atoms with Crippen LogP contribution in [0.1, 0.15) is 5.82 Å². The normalized spacial score (nSPS) is 14.5. The lowest BCUT2D eigenvalue weighted by Gasteiger charge is -2.04. The standard InChI is InChI=1S/C4H4F3N3O2S/c1-10-2(4(5,6)7)8-9-3(10)13(11)12/h1H3,(H,11,12). The van der Waals surface area contributed by atoms with Gasteiger partial charge in [-0.2, -0.15) is 13.2 Å². The van der Waals surface area contributed by atoms with Gasteiger partial charge in [-0.05, 0) is 0 Å². The Balaban J connectivity index is 3.22. The highest BCUT2D eigenvalue weighted by Gasteiger charge is 2.38. The number of nitrogens with zero attached hydrogens (tertiary/aromatic N) is 3. The molecule has 0 aliphatic heterocycles. The van der Waals surface area contributed by atoms with Crippen molar-refractivity contribution < 1.29 is 21.9 Å². The maximum atomic E-state index is 12.0. The number of alkyl halides is 3. The molecular formula is C4H4F3N3O2S. The van der Waals surface area contributed by atoms with Gasteiger partial charge in [0.25, 0.3) is 0 Å². The summed E-state index contributed by atoms with van der Waals surface area (Å²) in [5.74, 6) is -1.30. The fraction of sp³-hybridized carbons (Fsp3) is 0.500. The summed E-state index contributed by atoms with van der Waals surface area (Å²) in [4.78, 5) is 0. The summed E-state index contributed by atoms with van der Waals surface area (Å²) in [6, 6.07) is 0. The quantitative estimate of drug-likeness (QED) is 0.689. The van der Waals surface area contributed by atoms with Crippen LogP contribution in [0.15, 0.2) is 5.16 Å². The van der Waals surface area contributed by atoms with E-state index in [1.807, 2.05) is 0 Å². The predicted molar refractivity (Wildman–Crippen MR) is 35.0 cm³/mol. The molecule has 1 aromatic heterocycles. The molecule has 1 aromatic rings. The Morgan fingerprint density at radius 1 is 1.46 bits per heavy atom. The highest BCUT2D eigenvalue weighted by atomic mass is 32.2. The van der Waals surface area contributed by atoms with E-state index < -0.39 is 28.2 Å². The lowest BCUT2D eigenvalue weighted by atomic mass is 10.6. The van der Waals surface area contributed by atoms with Crippen molar-refractivity contribution in [3.05, 3.63) is 5.82 Å². The zero-order valence-corrected chi connectivity index (χ0v) is 7.06. The average Bonchev–Trinajstić information content (AvgIpc) is 2.28. The van der Waals surface area contributed by atoms with E-state index in [4.69, 9.17) is 4.55 Å². The molecule has 1 atom stereocenters. The maximum Gasteiger partial charge on any atom is 0.451 e.